The number of benzene rings is 4. The van der Waals surface area contributed by atoms with E-state index in [1.807, 2.05) is 45.9 Å². The molecule has 45 heavy (non-hydrogen) atoms. The number of nitrogens with one attached hydrogen (secondary N) is 6. The van der Waals surface area contributed by atoms with Gasteiger partial charge < -0.3 is 25.3 Å². The number of fused-ring (bicyclic) bond motifs is 2. The van der Waals surface area contributed by atoms with Crippen molar-refractivity contribution in [3.8, 4) is 34.3 Å². The van der Waals surface area contributed by atoms with Crippen LogP contribution in [-0.2, 0) is 0 Å². The molecule has 0 bridgehead atoms. The molecule has 4 aromatic carbocycles. The maximum Gasteiger partial charge on any atom is 0.198 e. The van der Waals surface area contributed by atoms with Crippen molar-refractivity contribution in [3.63, 3.8) is 0 Å². The Labute approximate surface area is 258 Å². The van der Waals surface area contributed by atoms with Gasteiger partial charge in [0.05, 0.1) is 22.1 Å². The monoisotopic (exact) mass is 606 g/mol. The van der Waals surface area contributed by atoms with Crippen LogP contribution in [0.3, 0.4) is 0 Å². The van der Waals surface area contributed by atoms with Gasteiger partial charge in [0.15, 0.2) is 17.4 Å². The van der Waals surface area contributed by atoms with E-state index in [-0.39, 0.29) is 29.2 Å². The highest BCUT2D eigenvalue weighted by atomic mass is 19.1. The largest absolute Gasteiger partial charge is 0.451 e. The smallest absolute Gasteiger partial charge is 0.198 e. The van der Waals surface area contributed by atoms with Crippen molar-refractivity contribution < 1.29 is 13.5 Å². The van der Waals surface area contributed by atoms with Crippen molar-refractivity contribution in [1.29, 1.82) is 10.8 Å². The summed E-state index contributed by atoms with van der Waals surface area (Å²) in [7, 11) is 0. The van der Waals surface area contributed by atoms with Crippen molar-refractivity contribution in [2.75, 3.05) is 0 Å². The molecule has 0 amide bonds. The van der Waals surface area contributed by atoms with Gasteiger partial charge in [-0.1, -0.05) is 0 Å². The van der Waals surface area contributed by atoms with Gasteiger partial charge in [0.1, 0.15) is 29.1 Å². The van der Waals surface area contributed by atoms with Gasteiger partial charge >= 0.3 is 0 Å². The number of halogens is 2. The van der Waals surface area contributed by atoms with Gasteiger partial charge in [-0.15, -0.1) is 0 Å². The van der Waals surface area contributed by atoms with E-state index in [1.54, 1.807) is 42.5 Å². The maximum atomic E-state index is 15.2. The molecule has 228 valence electrons. The highest BCUT2D eigenvalue weighted by Gasteiger charge is 2.18. The fraction of sp³-hybridized carbons (Fsp3) is 0.176. The minimum Gasteiger partial charge on any atom is -0.451 e. The lowest BCUT2D eigenvalue weighted by Crippen LogP contribution is -2.30. The number of H-pyrrole nitrogens is 2. The minimum absolute atomic E-state index is 0.107. The first-order chi connectivity index (χ1) is 21.5. The maximum absolute atomic E-state index is 15.2. The Morgan fingerprint density at radius 2 is 1.13 bits per heavy atom. The van der Waals surface area contributed by atoms with E-state index in [1.165, 1.54) is 12.1 Å². The fourth-order valence-corrected chi connectivity index (χ4v) is 4.94. The second-order valence-electron chi connectivity index (χ2n) is 11.4. The van der Waals surface area contributed by atoms with E-state index >= 15 is 8.78 Å². The Bertz CT molecular complexity index is 2040. The molecule has 0 aliphatic rings. The van der Waals surface area contributed by atoms with Crippen molar-refractivity contribution in [2.24, 2.45) is 0 Å². The Balaban J connectivity index is 1.19. The van der Waals surface area contributed by atoms with Crippen molar-refractivity contribution >= 4 is 33.7 Å². The van der Waals surface area contributed by atoms with E-state index < -0.39 is 17.4 Å². The van der Waals surface area contributed by atoms with E-state index in [0.29, 0.717) is 34.1 Å². The molecule has 6 aromatic rings. The van der Waals surface area contributed by atoms with Crippen molar-refractivity contribution in [1.82, 2.24) is 30.6 Å². The standard InChI is InChI=1S/C34H32F2N8O/c1-17(2)39-31(37)20-7-11-26-28(15-20)43-33(41-26)19-5-9-23(10-6-19)45-30-24(35)13-22(14-25(30)36)34-42-27-12-8-21(16-29(27)44-34)32(38)40-18(3)4/h5-18H,1-4H3,(H2,37,39)(H2,38,40)(H,41,43)(H,42,44). The Morgan fingerprint density at radius 3 is 1.60 bits per heavy atom. The number of amidine groups is 2. The number of nitrogens with zero attached hydrogens (tertiary/aromatic N) is 2. The molecule has 0 radical (unpaired) electrons. The summed E-state index contributed by atoms with van der Waals surface area (Å²) in [5.41, 5.74) is 5.20. The third-order valence-electron chi connectivity index (χ3n) is 7.03. The van der Waals surface area contributed by atoms with Gasteiger partial charge in [0.2, 0.25) is 0 Å². The van der Waals surface area contributed by atoms with Crippen molar-refractivity contribution in [3.05, 3.63) is 95.6 Å². The lowest BCUT2D eigenvalue weighted by atomic mass is 10.1. The first-order valence-electron chi connectivity index (χ1n) is 14.5. The second-order valence-corrected chi connectivity index (χ2v) is 11.4. The molecule has 11 heteroatoms. The number of ether oxygens (including phenoxy) is 1. The average molecular weight is 607 g/mol. The summed E-state index contributed by atoms with van der Waals surface area (Å²) in [6, 6.07) is 20.2. The van der Waals surface area contributed by atoms with E-state index in [9.17, 15) is 0 Å². The molecule has 0 saturated heterocycles. The predicted molar refractivity (Wildman–Crippen MR) is 173 cm³/mol. The second kappa shape index (κ2) is 11.8. The molecule has 0 atom stereocenters. The van der Waals surface area contributed by atoms with Crippen LogP contribution in [0.4, 0.5) is 8.78 Å². The van der Waals surface area contributed by atoms with Gasteiger partial charge in [0, 0.05) is 34.3 Å². The number of aromatic amines is 2. The number of hydrogen-bond acceptors (Lipinski definition) is 5. The van der Waals surface area contributed by atoms with E-state index in [4.69, 9.17) is 15.6 Å². The van der Waals surface area contributed by atoms with Crippen molar-refractivity contribution in [2.45, 2.75) is 39.8 Å². The van der Waals surface area contributed by atoms with Crippen LogP contribution in [0.1, 0.15) is 38.8 Å². The summed E-state index contributed by atoms with van der Waals surface area (Å²) in [6.45, 7) is 7.86. The highest BCUT2D eigenvalue weighted by molar-refractivity contribution is 6.00. The molecule has 0 aliphatic carbocycles. The lowest BCUT2D eigenvalue weighted by molar-refractivity contribution is 0.408. The molecule has 0 fully saturated rings. The summed E-state index contributed by atoms with van der Waals surface area (Å²) >= 11 is 0. The lowest BCUT2D eigenvalue weighted by Gasteiger charge is -2.10. The molecule has 0 saturated carbocycles. The molecule has 6 rings (SSSR count). The minimum atomic E-state index is -0.872. The molecule has 0 aliphatic heterocycles. The topological polar surface area (TPSA) is 138 Å². The SMILES string of the molecule is CC(C)NC(=N)c1ccc2nc(-c3ccc(Oc4c(F)cc(-c5nc6ccc(C(=N)NC(C)C)cc6[nH]5)cc4F)cc3)[nH]c2c1. The zero-order valence-corrected chi connectivity index (χ0v) is 25.1. The molecule has 0 unspecified atom stereocenters. The number of rotatable bonds is 8. The summed E-state index contributed by atoms with van der Waals surface area (Å²) < 4.78 is 36.0. The zero-order chi connectivity index (χ0) is 31.8. The zero-order valence-electron chi connectivity index (χ0n) is 25.1. The fourth-order valence-electron chi connectivity index (χ4n) is 4.94. The average Bonchev–Trinajstić information content (AvgIpc) is 3.62. The first kappa shape index (κ1) is 29.5. The van der Waals surface area contributed by atoms with E-state index in [0.717, 1.165) is 22.2 Å². The molecule has 6 N–H and O–H groups in total. The Hall–Kier alpha value is -5.58. The third-order valence-corrected chi connectivity index (χ3v) is 7.03. The number of imidazole rings is 2. The van der Waals surface area contributed by atoms with Crippen LogP contribution in [0.25, 0.3) is 44.8 Å². The molecular formula is C34H32F2N8O. The number of aromatic nitrogens is 4. The van der Waals surface area contributed by atoms with E-state index in [2.05, 4.69) is 30.6 Å². The molecule has 9 nitrogen and oxygen atoms in total. The van der Waals surface area contributed by atoms with Gasteiger partial charge in [-0.25, -0.2) is 18.7 Å². The van der Waals surface area contributed by atoms with Crippen LogP contribution in [0.2, 0.25) is 0 Å². The first-order valence-corrected chi connectivity index (χ1v) is 14.5. The van der Waals surface area contributed by atoms with Gasteiger partial charge in [-0.3, -0.25) is 10.8 Å². The summed E-state index contributed by atoms with van der Waals surface area (Å²) in [4.78, 5) is 15.5. The van der Waals surface area contributed by atoms with Crippen LogP contribution < -0.4 is 15.4 Å². The highest BCUT2D eigenvalue weighted by Crippen LogP contribution is 2.33. The van der Waals surface area contributed by atoms with Crippen LogP contribution in [0, 0.1) is 22.5 Å². The molecular weight excluding hydrogens is 574 g/mol. The van der Waals surface area contributed by atoms with Crippen LogP contribution in [0.15, 0.2) is 72.8 Å². The van der Waals surface area contributed by atoms with Crippen LogP contribution in [-0.4, -0.2) is 43.7 Å². The molecule has 2 aromatic heterocycles. The Kier molecular flexibility index (Phi) is 7.76. The Morgan fingerprint density at radius 1 is 0.667 bits per heavy atom. The summed E-state index contributed by atoms with van der Waals surface area (Å²) in [6.07, 6.45) is 0. The molecule has 2 heterocycles. The summed E-state index contributed by atoms with van der Waals surface area (Å²) in [5.74, 6) is -0.488. The molecule has 0 spiro atoms. The van der Waals surface area contributed by atoms with Gasteiger partial charge in [0.25, 0.3) is 0 Å². The normalized spacial score (nSPS) is 11.5. The quantitative estimate of drug-likeness (QED) is 0.0787. The number of hydrogen-bond donors (Lipinski definition) is 6. The van der Waals surface area contributed by atoms with Gasteiger partial charge in [-0.05, 0) is 100 Å². The van der Waals surface area contributed by atoms with Crippen LogP contribution in [0.5, 0.6) is 11.5 Å². The van der Waals surface area contributed by atoms with Crippen LogP contribution >= 0.6 is 0 Å². The van der Waals surface area contributed by atoms with Gasteiger partial charge in [-0.2, -0.15) is 0 Å². The summed E-state index contributed by atoms with van der Waals surface area (Å²) in [5, 5.41) is 22.6. The predicted octanol–water partition coefficient (Wildman–Crippen LogP) is 7.49. The third kappa shape index (κ3) is 6.23.